The molecule has 1 rings (SSSR count). The number of carbonyl (C=O) groups excluding carboxylic acids is 1. The summed E-state index contributed by atoms with van der Waals surface area (Å²) in [7, 11) is 0. The van der Waals surface area contributed by atoms with E-state index in [4.69, 9.17) is 0 Å². The molecule has 0 unspecified atom stereocenters. The summed E-state index contributed by atoms with van der Waals surface area (Å²) in [6, 6.07) is 1.38. The fourth-order valence-electron chi connectivity index (χ4n) is 1.11. The van der Waals surface area contributed by atoms with Gasteiger partial charge in [-0.3, -0.25) is 9.48 Å². The summed E-state index contributed by atoms with van der Waals surface area (Å²) in [5, 5.41) is 6.27. The third-order valence-corrected chi connectivity index (χ3v) is 2.12. The van der Waals surface area contributed by atoms with Crippen molar-refractivity contribution in [2.45, 2.75) is 19.1 Å². The molecule has 0 saturated carbocycles. The Morgan fingerprint density at radius 3 is 2.82 bits per heavy atom. The van der Waals surface area contributed by atoms with Crippen LogP contribution < -0.4 is 5.32 Å². The molecule has 17 heavy (non-hydrogen) atoms. The van der Waals surface area contributed by atoms with Gasteiger partial charge in [0.2, 0.25) is 0 Å². The minimum atomic E-state index is -4.22. The topological polar surface area (TPSA) is 46.9 Å². The van der Waals surface area contributed by atoms with Gasteiger partial charge in [0.05, 0.1) is 6.42 Å². The van der Waals surface area contributed by atoms with E-state index in [1.165, 1.54) is 12.3 Å². The predicted octanol–water partition coefficient (Wildman–Crippen LogP) is 1.50. The van der Waals surface area contributed by atoms with Crippen molar-refractivity contribution in [3.05, 3.63) is 18.0 Å². The molecule has 1 amide bonds. The normalized spacial score (nSPS) is 11.5. The number of thiol groups is 1. The van der Waals surface area contributed by atoms with E-state index in [-0.39, 0.29) is 12.2 Å². The first-order valence-electron chi connectivity index (χ1n) is 4.91. The molecule has 1 N–H and O–H groups in total. The van der Waals surface area contributed by atoms with Crippen LogP contribution in [0.15, 0.2) is 12.3 Å². The summed E-state index contributed by atoms with van der Waals surface area (Å²) < 4.78 is 36.9. The van der Waals surface area contributed by atoms with Crippen molar-refractivity contribution in [3.63, 3.8) is 0 Å². The van der Waals surface area contributed by atoms with Crippen molar-refractivity contribution in [1.82, 2.24) is 15.1 Å². The average Bonchev–Trinajstić information content (AvgIpc) is 2.70. The van der Waals surface area contributed by atoms with Gasteiger partial charge in [-0.2, -0.15) is 30.9 Å². The van der Waals surface area contributed by atoms with Crippen LogP contribution in [0.5, 0.6) is 0 Å². The molecule has 0 aliphatic heterocycles. The van der Waals surface area contributed by atoms with Crippen molar-refractivity contribution < 1.29 is 18.0 Å². The summed E-state index contributed by atoms with van der Waals surface area (Å²) in [6.07, 6.45) is -3.84. The molecule has 0 atom stereocenters. The minimum absolute atomic E-state index is 0.106. The lowest BCUT2D eigenvalue weighted by Crippen LogP contribution is -2.26. The number of nitrogens with one attached hydrogen (secondary N) is 1. The van der Waals surface area contributed by atoms with E-state index in [0.717, 1.165) is 4.68 Å². The Balaban J connectivity index is 2.50. The highest BCUT2D eigenvalue weighted by molar-refractivity contribution is 7.80. The zero-order valence-corrected chi connectivity index (χ0v) is 9.76. The van der Waals surface area contributed by atoms with E-state index in [1.807, 2.05) is 0 Å². The van der Waals surface area contributed by atoms with Crippen LogP contribution in [0.1, 0.15) is 16.9 Å². The van der Waals surface area contributed by atoms with Gasteiger partial charge in [-0.15, -0.1) is 0 Å². The number of aryl methyl sites for hydroxylation is 1. The lowest BCUT2D eigenvalue weighted by molar-refractivity contribution is -0.137. The quantitative estimate of drug-likeness (QED) is 0.794. The lowest BCUT2D eigenvalue weighted by atomic mass is 10.4. The molecular formula is C9H12F3N3OS. The van der Waals surface area contributed by atoms with Gasteiger partial charge in [0, 0.05) is 25.0 Å². The molecule has 1 heterocycles. The Hall–Kier alpha value is -1.18. The molecule has 0 spiro atoms. The summed E-state index contributed by atoms with van der Waals surface area (Å²) >= 11 is 3.91. The fraction of sp³-hybridized carbons (Fsp3) is 0.556. The number of halogens is 3. The summed E-state index contributed by atoms with van der Waals surface area (Å²) in [5.74, 6) is 0.0744. The molecule has 0 saturated heterocycles. The van der Waals surface area contributed by atoms with Crippen LogP contribution in [0.3, 0.4) is 0 Å². The average molecular weight is 267 g/mol. The number of carbonyl (C=O) groups is 1. The van der Waals surface area contributed by atoms with Crippen molar-refractivity contribution >= 4 is 18.5 Å². The van der Waals surface area contributed by atoms with Crippen LogP contribution in [0.2, 0.25) is 0 Å². The van der Waals surface area contributed by atoms with E-state index in [2.05, 4.69) is 23.0 Å². The SMILES string of the molecule is O=C(NCCS)c1ccn(CCC(F)(F)F)n1. The molecule has 0 aromatic carbocycles. The van der Waals surface area contributed by atoms with E-state index in [9.17, 15) is 18.0 Å². The third kappa shape index (κ3) is 5.12. The molecule has 1 aromatic rings. The van der Waals surface area contributed by atoms with Crippen molar-refractivity contribution in [3.8, 4) is 0 Å². The molecule has 1 aromatic heterocycles. The van der Waals surface area contributed by atoms with Crippen LogP contribution in [0.25, 0.3) is 0 Å². The number of aromatic nitrogens is 2. The maximum atomic E-state index is 11.9. The highest BCUT2D eigenvalue weighted by Crippen LogP contribution is 2.19. The molecular weight excluding hydrogens is 255 g/mol. The van der Waals surface area contributed by atoms with Gasteiger partial charge in [-0.25, -0.2) is 0 Å². The zero-order chi connectivity index (χ0) is 12.9. The second-order valence-corrected chi connectivity index (χ2v) is 3.76. The second kappa shape index (κ2) is 5.95. The Kier molecular flexibility index (Phi) is 4.86. The van der Waals surface area contributed by atoms with Gasteiger partial charge in [-0.1, -0.05) is 0 Å². The number of amides is 1. The van der Waals surface area contributed by atoms with Crippen molar-refractivity contribution in [1.29, 1.82) is 0 Å². The van der Waals surface area contributed by atoms with Gasteiger partial charge >= 0.3 is 6.18 Å². The number of alkyl halides is 3. The highest BCUT2D eigenvalue weighted by Gasteiger charge is 2.26. The molecule has 96 valence electrons. The summed E-state index contributed by atoms with van der Waals surface area (Å²) in [6.45, 7) is 0.0979. The molecule has 0 radical (unpaired) electrons. The zero-order valence-electron chi connectivity index (χ0n) is 8.87. The Bertz CT molecular complexity index is 378. The van der Waals surface area contributed by atoms with Gasteiger partial charge < -0.3 is 5.32 Å². The van der Waals surface area contributed by atoms with Gasteiger partial charge in [0.15, 0.2) is 0 Å². The van der Waals surface area contributed by atoms with Crippen LogP contribution in [-0.2, 0) is 6.54 Å². The van der Waals surface area contributed by atoms with Crippen LogP contribution in [0.4, 0.5) is 13.2 Å². The Morgan fingerprint density at radius 1 is 1.53 bits per heavy atom. The van der Waals surface area contributed by atoms with E-state index < -0.39 is 18.5 Å². The monoisotopic (exact) mass is 267 g/mol. The first kappa shape index (κ1) is 13.9. The second-order valence-electron chi connectivity index (χ2n) is 3.31. The smallest absolute Gasteiger partial charge is 0.350 e. The van der Waals surface area contributed by atoms with E-state index >= 15 is 0 Å². The summed E-state index contributed by atoms with van der Waals surface area (Å²) in [5.41, 5.74) is 0.106. The maximum absolute atomic E-state index is 11.9. The number of nitrogens with zero attached hydrogens (tertiary/aromatic N) is 2. The molecule has 0 aliphatic rings. The molecule has 0 fully saturated rings. The molecule has 8 heteroatoms. The van der Waals surface area contributed by atoms with Gasteiger partial charge in [0.25, 0.3) is 5.91 Å². The van der Waals surface area contributed by atoms with E-state index in [0.29, 0.717) is 12.3 Å². The van der Waals surface area contributed by atoms with Crippen LogP contribution in [-0.4, -0.2) is 34.2 Å². The number of hydrogen-bond donors (Lipinski definition) is 2. The van der Waals surface area contributed by atoms with Crippen LogP contribution in [0, 0.1) is 0 Å². The predicted molar refractivity (Wildman–Crippen MR) is 59.1 cm³/mol. The molecule has 0 aliphatic carbocycles. The molecule has 0 bridgehead atoms. The third-order valence-electron chi connectivity index (χ3n) is 1.90. The van der Waals surface area contributed by atoms with Crippen molar-refractivity contribution in [2.24, 2.45) is 0 Å². The molecule has 4 nitrogen and oxygen atoms in total. The first-order valence-corrected chi connectivity index (χ1v) is 5.55. The number of rotatable bonds is 5. The van der Waals surface area contributed by atoms with Gasteiger partial charge in [-0.05, 0) is 6.07 Å². The Morgan fingerprint density at radius 2 is 2.24 bits per heavy atom. The number of hydrogen-bond acceptors (Lipinski definition) is 3. The largest absolute Gasteiger partial charge is 0.390 e. The van der Waals surface area contributed by atoms with Crippen LogP contribution >= 0.6 is 12.6 Å². The standard InChI is InChI=1S/C9H12F3N3OS/c10-9(11,12)2-5-15-4-1-7(14-15)8(16)13-3-6-17/h1,4,17H,2-3,5-6H2,(H,13,16). The lowest BCUT2D eigenvalue weighted by Gasteiger charge is -2.05. The maximum Gasteiger partial charge on any atom is 0.390 e. The minimum Gasteiger partial charge on any atom is -0.350 e. The summed E-state index contributed by atoms with van der Waals surface area (Å²) in [4.78, 5) is 11.4. The Labute approximate surface area is 102 Å². The fourth-order valence-corrected chi connectivity index (χ4v) is 1.22. The van der Waals surface area contributed by atoms with E-state index in [1.54, 1.807) is 0 Å². The van der Waals surface area contributed by atoms with Gasteiger partial charge in [0.1, 0.15) is 5.69 Å². The first-order chi connectivity index (χ1) is 7.92. The van der Waals surface area contributed by atoms with Crippen molar-refractivity contribution in [2.75, 3.05) is 12.3 Å². The highest BCUT2D eigenvalue weighted by atomic mass is 32.1.